The summed E-state index contributed by atoms with van der Waals surface area (Å²) in [4.78, 5) is 28.9. The van der Waals surface area contributed by atoms with Gasteiger partial charge >= 0.3 is 0 Å². The molecule has 2 fully saturated rings. The van der Waals surface area contributed by atoms with Crippen molar-refractivity contribution in [3.05, 3.63) is 70.3 Å². The molecule has 1 saturated heterocycles. The first-order valence-electron chi connectivity index (χ1n) is 15.2. The van der Waals surface area contributed by atoms with Crippen LogP contribution in [0.5, 0.6) is 17.2 Å². The summed E-state index contributed by atoms with van der Waals surface area (Å²) in [5, 5.41) is 53.8. The van der Waals surface area contributed by atoms with Crippen LogP contribution in [0.25, 0.3) is 16.8 Å². The Morgan fingerprint density at radius 3 is 2.64 bits per heavy atom. The van der Waals surface area contributed by atoms with Crippen molar-refractivity contribution >= 4 is 28.5 Å². The Morgan fingerprint density at radius 2 is 1.89 bits per heavy atom. The lowest BCUT2D eigenvalue weighted by Crippen LogP contribution is -2.60. The Hall–Kier alpha value is -4.00. The Balaban J connectivity index is 1.36. The smallest absolute Gasteiger partial charge is 0.254 e. The quantitative estimate of drug-likeness (QED) is 0.249. The SMILES string of the molecule is COc1cc(OC2OC(CO)C(O)C(O)C2O)c2c(O)c(C(=O)CN3Cc4ccccc4C3=O)c3c(c2c1)C=CC1CCCC31. The second kappa shape index (κ2) is 11.4. The summed E-state index contributed by atoms with van der Waals surface area (Å²) in [7, 11) is 1.47. The van der Waals surface area contributed by atoms with Crippen LogP contribution in [-0.4, -0.2) is 93.1 Å². The molecule has 7 rings (SSSR count). The van der Waals surface area contributed by atoms with Crippen molar-refractivity contribution in [2.75, 3.05) is 20.3 Å². The number of rotatable bonds is 7. The molecule has 11 heteroatoms. The number of methoxy groups -OCH3 is 1. The van der Waals surface area contributed by atoms with E-state index in [0.29, 0.717) is 16.7 Å². The molecule has 7 unspecified atom stereocenters. The second-order valence-electron chi connectivity index (χ2n) is 12.2. The lowest BCUT2D eigenvalue weighted by atomic mass is 9.76. The summed E-state index contributed by atoms with van der Waals surface area (Å²) in [5.74, 6) is -0.438. The molecule has 0 radical (unpaired) electrons. The van der Waals surface area contributed by atoms with Crippen molar-refractivity contribution in [3.63, 3.8) is 0 Å². The fourth-order valence-corrected chi connectivity index (χ4v) is 7.42. The van der Waals surface area contributed by atoms with E-state index >= 15 is 0 Å². The van der Waals surface area contributed by atoms with Gasteiger partial charge in [-0.2, -0.15) is 0 Å². The third kappa shape index (κ3) is 4.77. The minimum Gasteiger partial charge on any atom is -0.506 e. The van der Waals surface area contributed by atoms with Crippen LogP contribution in [0.3, 0.4) is 0 Å². The van der Waals surface area contributed by atoms with Gasteiger partial charge in [0, 0.05) is 23.6 Å². The zero-order chi connectivity index (χ0) is 31.6. The number of ketones is 1. The maximum atomic E-state index is 14.3. The number of allylic oxidation sites excluding steroid dienone is 1. The van der Waals surface area contributed by atoms with Crippen molar-refractivity contribution in [2.24, 2.45) is 5.92 Å². The molecule has 2 aliphatic heterocycles. The van der Waals surface area contributed by atoms with E-state index in [4.69, 9.17) is 14.2 Å². The number of Topliss-reactive ketones (excluding diaryl/α,β-unsaturated/α-hetero) is 1. The number of hydrogen-bond acceptors (Lipinski definition) is 10. The number of aliphatic hydroxyl groups is 4. The van der Waals surface area contributed by atoms with Gasteiger partial charge in [-0.3, -0.25) is 9.59 Å². The maximum absolute atomic E-state index is 14.3. The molecular formula is C34H35NO10. The van der Waals surface area contributed by atoms with Gasteiger partial charge in [-0.15, -0.1) is 0 Å². The van der Waals surface area contributed by atoms with Crippen LogP contribution in [0.1, 0.15) is 62.6 Å². The summed E-state index contributed by atoms with van der Waals surface area (Å²) in [6.07, 6.45) is -0.885. The van der Waals surface area contributed by atoms with E-state index in [1.165, 1.54) is 18.1 Å². The summed E-state index contributed by atoms with van der Waals surface area (Å²) in [6.45, 7) is -0.599. The van der Waals surface area contributed by atoms with Crippen molar-refractivity contribution in [2.45, 2.75) is 62.4 Å². The molecule has 0 bridgehead atoms. The van der Waals surface area contributed by atoms with Gasteiger partial charge in [0.2, 0.25) is 6.29 Å². The molecule has 236 valence electrons. The van der Waals surface area contributed by atoms with E-state index in [1.807, 2.05) is 18.2 Å². The Kier molecular flexibility index (Phi) is 7.53. The van der Waals surface area contributed by atoms with E-state index in [1.54, 1.807) is 18.2 Å². The van der Waals surface area contributed by atoms with Crippen LogP contribution >= 0.6 is 0 Å². The molecule has 45 heavy (non-hydrogen) atoms. The lowest BCUT2D eigenvalue weighted by Gasteiger charge is -2.39. The number of fused-ring (bicyclic) bond motifs is 6. The Bertz CT molecular complexity index is 1720. The van der Waals surface area contributed by atoms with Gasteiger partial charge in [0.25, 0.3) is 5.91 Å². The number of hydrogen-bond donors (Lipinski definition) is 5. The first kappa shape index (κ1) is 29.7. The minimum absolute atomic E-state index is 0.00497. The molecule has 4 aliphatic rings. The molecule has 0 aromatic heterocycles. The van der Waals surface area contributed by atoms with Gasteiger partial charge < -0.3 is 44.6 Å². The highest BCUT2D eigenvalue weighted by molar-refractivity contribution is 6.13. The number of aliphatic hydroxyl groups excluding tert-OH is 4. The van der Waals surface area contributed by atoms with Crippen LogP contribution in [0, 0.1) is 5.92 Å². The van der Waals surface area contributed by atoms with E-state index in [2.05, 4.69) is 6.08 Å². The Morgan fingerprint density at radius 1 is 1.09 bits per heavy atom. The number of carbonyl (C=O) groups is 2. The number of carbonyl (C=O) groups excluding carboxylic acids is 2. The highest BCUT2D eigenvalue weighted by Gasteiger charge is 2.45. The average Bonchev–Trinajstić information content (AvgIpc) is 3.65. The largest absolute Gasteiger partial charge is 0.506 e. The van der Waals surface area contributed by atoms with Gasteiger partial charge in [-0.05, 0) is 53.5 Å². The standard InChI is InChI=1S/C34H35NO10/c1-43-18-11-22-21-10-9-16-6-4-8-19(16)26(21)28(23(37)14-35-13-17-5-2-3-7-20(17)33(35)42)30(39)27(22)24(12-18)44-34-32(41)31(40)29(38)25(15-36)45-34/h2-3,5,7,9-12,16,19,25,29,31-32,34,36,38-41H,4,6,8,13-15H2,1H3. The predicted molar refractivity (Wildman–Crippen MR) is 161 cm³/mol. The first-order chi connectivity index (χ1) is 21.7. The topological polar surface area (TPSA) is 166 Å². The average molecular weight is 618 g/mol. The minimum atomic E-state index is -1.70. The van der Waals surface area contributed by atoms with Crippen LogP contribution in [0.15, 0.2) is 42.5 Å². The second-order valence-corrected chi connectivity index (χ2v) is 12.2. The van der Waals surface area contributed by atoms with Crippen LogP contribution < -0.4 is 9.47 Å². The first-order valence-corrected chi connectivity index (χ1v) is 15.2. The highest BCUT2D eigenvalue weighted by Crippen LogP contribution is 2.53. The van der Waals surface area contributed by atoms with Crippen LogP contribution in [-0.2, 0) is 11.3 Å². The molecule has 1 amide bonds. The van der Waals surface area contributed by atoms with E-state index < -0.39 is 43.1 Å². The van der Waals surface area contributed by atoms with Crippen molar-refractivity contribution in [3.8, 4) is 17.2 Å². The number of ether oxygens (including phenoxy) is 3. The Labute approximate surface area is 258 Å². The number of amides is 1. The molecular weight excluding hydrogens is 582 g/mol. The number of benzene rings is 3. The number of nitrogens with zero attached hydrogens (tertiary/aromatic N) is 1. The van der Waals surface area contributed by atoms with E-state index in [0.717, 1.165) is 36.0 Å². The zero-order valence-corrected chi connectivity index (χ0v) is 24.6. The summed E-state index contributed by atoms with van der Waals surface area (Å²) >= 11 is 0. The van der Waals surface area contributed by atoms with Crippen LogP contribution in [0.2, 0.25) is 0 Å². The van der Waals surface area contributed by atoms with Gasteiger partial charge in [0.05, 0.1) is 31.2 Å². The summed E-state index contributed by atoms with van der Waals surface area (Å²) < 4.78 is 17.2. The summed E-state index contributed by atoms with van der Waals surface area (Å²) in [6, 6.07) is 10.4. The molecule has 3 aromatic carbocycles. The third-order valence-electron chi connectivity index (χ3n) is 9.69. The van der Waals surface area contributed by atoms with Gasteiger partial charge in [0.15, 0.2) is 5.78 Å². The van der Waals surface area contributed by atoms with E-state index in [-0.39, 0.29) is 53.3 Å². The molecule has 7 atom stereocenters. The molecule has 11 nitrogen and oxygen atoms in total. The van der Waals surface area contributed by atoms with Gasteiger partial charge in [-0.1, -0.05) is 36.8 Å². The fourth-order valence-electron chi connectivity index (χ4n) is 7.42. The van der Waals surface area contributed by atoms with Crippen molar-refractivity contribution in [1.29, 1.82) is 0 Å². The molecule has 5 N–H and O–H groups in total. The molecule has 3 aromatic rings. The molecule has 2 heterocycles. The van der Waals surface area contributed by atoms with Gasteiger partial charge in [-0.25, -0.2) is 0 Å². The number of phenolic OH excluding ortho intramolecular Hbond substituents is 1. The van der Waals surface area contributed by atoms with Crippen molar-refractivity contribution in [1.82, 2.24) is 4.90 Å². The van der Waals surface area contributed by atoms with E-state index in [9.17, 15) is 35.1 Å². The predicted octanol–water partition coefficient (Wildman–Crippen LogP) is 2.48. The zero-order valence-electron chi connectivity index (χ0n) is 24.6. The molecule has 1 saturated carbocycles. The fraction of sp³-hybridized carbons (Fsp3) is 0.412. The normalized spacial score (nSPS) is 28.6. The van der Waals surface area contributed by atoms with Crippen molar-refractivity contribution < 1.29 is 49.3 Å². The maximum Gasteiger partial charge on any atom is 0.254 e. The monoisotopic (exact) mass is 617 g/mol. The van der Waals surface area contributed by atoms with Crippen LogP contribution in [0.4, 0.5) is 0 Å². The summed E-state index contributed by atoms with van der Waals surface area (Å²) in [5.41, 5.74) is 2.96. The number of phenols is 1. The highest BCUT2D eigenvalue weighted by atomic mass is 16.7. The molecule has 0 spiro atoms. The number of aromatic hydroxyl groups is 1. The van der Waals surface area contributed by atoms with Gasteiger partial charge in [0.1, 0.15) is 41.7 Å². The third-order valence-corrected chi connectivity index (χ3v) is 9.69. The molecule has 2 aliphatic carbocycles. The lowest BCUT2D eigenvalue weighted by molar-refractivity contribution is -0.277.